The summed E-state index contributed by atoms with van der Waals surface area (Å²) in [5, 5.41) is 0.793. The summed E-state index contributed by atoms with van der Waals surface area (Å²) in [5.41, 5.74) is 2.99. The normalized spacial score (nSPS) is 11.8. The summed E-state index contributed by atoms with van der Waals surface area (Å²) in [6.45, 7) is 0. The van der Waals surface area contributed by atoms with Crippen LogP contribution in [0.25, 0.3) is 11.1 Å². The van der Waals surface area contributed by atoms with Gasteiger partial charge in [0.25, 0.3) is 10.0 Å². The molecule has 0 saturated carbocycles. The van der Waals surface area contributed by atoms with Gasteiger partial charge in [0.1, 0.15) is 6.34 Å². The fraction of sp³-hybridized carbons (Fsp3) is 0.188. The van der Waals surface area contributed by atoms with Gasteiger partial charge in [0.2, 0.25) is 0 Å². The standard InChI is InChI=1S/C16H17BrN2O2S/c1-19(2)12-18-22(20,21)16-5-3-4-15(10-16)14-8-6-13(11-17)7-9-14/h3-10,12H,11H2,1-2H3/b18-12+. The van der Waals surface area contributed by atoms with Gasteiger partial charge in [-0.05, 0) is 28.8 Å². The van der Waals surface area contributed by atoms with Crippen molar-refractivity contribution in [2.75, 3.05) is 14.1 Å². The highest BCUT2D eigenvalue weighted by atomic mass is 79.9. The zero-order valence-corrected chi connectivity index (χ0v) is 14.8. The molecule has 0 aromatic heterocycles. The molecular formula is C16H17BrN2O2S. The summed E-state index contributed by atoms with van der Waals surface area (Å²) in [7, 11) is -0.232. The van der Waals surface area contributed by atoms with Crippen molar-refractivity contribution >= 4 is 32.3 Å². The minimum absolute atomic E-state index is 0.188. The predicted molar refractivity (Wildman–Crippen MR) is 93.9 cm³/mol. The number of rotatable bonds is 5. The van der Waals surface area contributed by atoms with E-state index in [0.29, 0.717) is 0 Å². The van der Waals surface area contributed by atoms with Crippen LogP contribution in [-0.4, -0.2) is 33.8 Å². The Morgan fingerprint density at radius 3 is 2.36 bits per heavy atom. The van der Waals surface area contributed by atoms with E-state index >= 15 is 0 Å². The molecule has 0 heterocycles. The first-order valence-corrected chi connectivity index (χ1v) is 9.21. The van der Waals surface area contributed by atoms with E-state index in [2.05, 4.69) is 20.3 Å². The van der Waals surface area contributed by atoms with Gasteiger partial charge in [0.05, 0.1) is 4.90 Å². The first-order chi connectivity index (χ1) is 10.4. The van der Waals surface area contributed by atoms with Crippen molar-refractivity contribution < 1.29 is 8.42 Å². The Labute approximate surface area is 139 Å². The molecule has 6 heteroatoms. The van der Waals surface area contributed by atoms with Crippen LogP contribution in [0.5, 0.6) is 0 Å². The SMILES string of the molecule is CN(C)/C=N/S(=O)(=O)c1cccc(-c2ccc(CBr)cc2)c1. The summed E-state index contributed by atoms with van der Waals surface area (Å²) in [6, 6.07) is 14.8. The largest absolute Gasteiger partial charge is 0.368 e. The van der Waals surface area contributed by atoms with Crippen molar-refractivity contribution in [3.63, 3.8) is 0 Å². The second kappa shape index (κ2) is 7.07. The maximum Gasteiger partial charge on any atom is 0.283 e. The first kappa shape index (κ1) is 16.7. The van der Waals surface area contributed by atoms with E-state index in [9.17, 15) is 8.42 Å². The Balaban J connectivity index is 2.37. The molecular weight excluding hydrogens is 364 g/mol. The summed E-state index contributed by atoms with van der Waals surface area (Å²) in [5.74, 6) is 0. The smallest absolute Gasteiger partial charge is 0.283 e. The average molecular weight is 381 g/mol. The van der Waals surface area contributed by atoms with Gasteiger partial charge in [-0.15, -0.1) is 4.40 Å². The molecule has 4 nitrogen and oxygen atoms in total. The molecule has 116 valence electrons. The Morgan fingerprint density at radius 1 is 1.09 bits per heavy atom. The van der Waals surface area contributed by atoms with Gasteiger partial charge in [-0.3, -0.25) is 0 Å². The van der Waals surface area contributed by atoms with Crippen LogP contribution in [0.3, 0.4) is 0 Å². The van der Waals surface area contributed by atoms with E-state index in [0.717, 1.165) is 16.5 Å². The molecule has 2 rings (SSSR count). The van der Waals surface area contributed by atoms with Crippen molar-refractivity contribution in [2.24, 2.45) is 4.40 Å². The summed E-state index contributed by atoms with van der Waals surface area (Å²) < 4.78 is 28.0. The molecule has 0 radical (unpaired) electrons. The maximum atomic E-state index is 12.2. The molecule has 0 unspecified atom stereocenters. The molecule has 0 fully saturated rings. The minimum Gasteiger partial charge on any atom is -0.368 e. The van der Waals surface area contributed by atoms with Crippen LogP contribution in [-0.2, 0) is 15.4 Å². The third-order valence-electron chi connectivity index (χ3n) is 2.99. The van der Waals surface area contributed by atoms with Crippen LogP contribution in [0, 0.1) is 0 Å². The molecule has 22 heavy (non-hydrogen) atoms. The molecule has 0 atom stereocenters. The fourth-order valence-corrected chi connectivity index (χ4v) is 3.17. The lowest BCUT2D eigenvalue weighted by molar-refractivity contribution is 0.595. The van der Waals surface area contributed by atoms with Crippen LogP contribution in [0.1, 0.15) is 5.56 Å². The van der Waals surface area contributed by atoms with Crippen molar-refractivity contribution in [1.29, 1.82) is 0 Å². The zero-order chi connectivity index (χ0) is 16.2. The number of sulfonamides is 1. The quantitative estimate of drug-likeness (QED) is 0.452. The molecule has 0 N–H and O–H groups in total. The van der Waals surface area contributed by atoms with E-state index in [1.54, 1.807) is 37.2 Å². The second-order valence-corrected chi connectivity index (χ2v) is 7.21. The lowest BCUT2D eigenvalue weighted by atomic mass is 10.0. The first-order valence-electron chi connectivity index (χ1n) is 6.64. The molecule has 0 aliphatic rings. The van der Waals surface area contributed by atoms with E-state index < -0.39 is 10.0 Å². The van der Waals surface area contributed by atoms with Crippen molar-refractivity contribution in [3.8, 4) is 11.1 Å². The van der Waals surface area contributed by atoms with Crippen molar-refractivity contribution in [2.45, 2.75) is 10.2 Å². The third kappa shape index (κ3) is 4.18. The fourth-order valence-electron chi connectivity index (χ4n) is 1.84. The average Bonchev–Trinajstić information content (AvgIpc) is 2.53. The van der Waals surface area contributed by atoms with Gasteiger partial charge < -0.3 is 4.90 Å². The third-order valence-corrected chi connectivity index (χ3v) is 4.86. The highest BCUT2D eigenvalue weighted by Gasteiger charge is 2.12. The highest BCUT2D eigenvalue weighted by molar-refractivity contribution is 9.08. The zero-order valence-electron chi connectivity index (χ0n) is 12.4. The number of halogens is 1. The molecule has 0 saturated heterocycles. The Kier molecular flexibility index (Phi) is 5.37. The van der Waals surface area contributed by atoms with Gasteiger partial charge in [-0.1, -0.05) is 52.3 Å². The number of hydrogen-bond acceptors (Lipinski definition) is 2. The minimum atomic E-state index is -3.68. The molecule has 0 amide bonds. The van der Waals surface area contributed by atoms with Crippen molar-refractivity contribution in [3.05, 3.63) is 54.1 Å². The summed E-state index contributed by atoms with van der Waals surface area (Å²) in [6.07, 6.45) is 1.28. The molecule has 2 aromatic rings. The lowest BCUT2D eigenvalue weighted by Gasteiger charge is -2.06. The lowest BCUT2D eigenvalue weighted by Crippen LogP contribution is -2.10. The van der Waals surface area contributed by atoms with E-state index in [-0.39, 0.29) is 4.90 Å². The van der Waals surface area contributed by atoms with Gasteiger partial charge in [0, 0.05) is 19.4 Å². The van der Waals surface area contributed by atoms with Crippen LogP contribution in [0.2, 0.25) is 0 Å². The Bertz CT molecular complexity index is 769. The molecule has 0 bridgehead atoms. The van der Waals surface area contributed by atoms with E-state index in [4.69, 9.17) is 0 Å². The highest BCUT2D eigenvalue weighted by Crippen LogP contribution is 2.24. The topological polar surface area (TPSA) is 49.7 Å². The van der Waals surface area contributed by atoms with Crippen LogP contribution >= 0.6 is 15.9 Å². The van der Waals surface area contributed by atoms with Gasteiger partial charge in [-0.2, -0.15) is 8.42 Å². The van der Waals surface area contributed by atoms with Crippen molar-refractivity contribution in [1.82, 2.24) is 4.90 Å². The summed E-state index contributed by atoms with van der Waals surface area (Å²) in [4.78, 5) is 1.77. The van der Waals surface area contributed by atoms with Crippen LogP contribution in [0.15, 0.2) is 57.8 Å². The molecule has 0 aliphatic heterocycles. The monoisotopic (exact) mass is 380 g/mol. The summed E-state index contributed by atoms with van der Waals surface area (Å²) >= 11 is 3.41. The van der Waals surface area contributed by atoms with Crippen LogP contribution < -0.4 is 0 Å². The number of alkyl halides is 1. The van der Waals surface area contributed by atoms with E-state index in [1.165, 1.54) is 11.9 Å². The van der Waals surface area contributed by atoms with E-state index in [1.807, 2.05) is 30.3 Å². The van der Waals surface area contributed by atoms with Gasteiger partial charge in [0.15, 0.2) is 0 Å². The molecule has 0 aliphatic carbocycles. The second-order valence-electron chi connectivity index (χ2n) is 5.02. The van der Waals surface area contributed by atoms with Crippen LogP contribution in [0.4, 0.5) is 0 Å². The number of hydrogen-bond donors (Lipinski definition) is 0. The molecule has 2 aromatic carbocycles. The Morgan fingerprint density at radius 2 is 1.77 bits per heavy atom. The Hall–Kier alpha value is -1.66. The predicted octanol–water partition coefficient (Wildman–Crippen LogP) is 3.53. The molecule has 0 spiro atoms. The number of nitrogens with zero attached hydrogens (tertiary/aromatic N) is 2. The van der Waals surface area contributed by atoms with Gasteiger partial charge >= 0.3 is 0 Å². The maximum absolute atomic E-state index is 12.2. The number of benzene rings is 2. The van der Waals surface area contributed by atoms with Gasteiger partial charge in [-0.25, -0.2) is 0 Å².